The van der Waals surface area contributed by atoms with E-state index in [2.05, 4.69) is 20.6 Å². The van der Waals surface area contributed by atoms with Gasteiger partial charge in [0, 0.05) is 60.7 Å². The standard InChI is InChI=1S/C27H20Cl2N2O4.C19H12Cl2N2O3.C2H5O.Na/c1-16(32)23-22(14-17-10-12-20(28)13-11-17)24(19-8-5-9-21(29)15-19)35-26(23)31-27(34)30-25(33)18-6-3-2-4-7-18;20-12-6-4-10(5-7-12)8-14-15-17(24)22-19(25)23-18(15)26-16(14)11-2-1-3-13(21)9-11;1-2-3;/h2-13,15H,14H2,1H3,(H2,30,31,33,34);1-7,9H,8H2,(H2,22,23,24,25);2H2,1H3;/q;;-1;+1. The number of anilines is 1. The van der Waals surface area contributed by atoms with E-state index in [1.54, 1.807) is 104 Å². The summed E-state index contributed by atoms with van der Waals surface area (Å²) in [6.45, 7) is 2.95. The van der Waals surface area contributed by atoms with Crippen LogP contribution >= 0.6 is 46.4 Å². The number of carbonyl (C=O) groups is 3. The van der Waals surface area contributed by atoms with E-state index >= 15 is 0 Å². The molecule has 3 aromatic heterocycles. The van der Waals surface area contributed by atoms with Crippen LogP contribution < -0.4 is 56.5 Å². The minimum Gasteiger partial charge on any atom is -0.855 e. The van der Waals surface area contributed by atoms with Gasteiger partial charge < -0.3 is 13.9 Å². The van der Waals surface area contributed by atoms with E-state index < -0.39 is 23.2 Å². The predicted octanol–water partition coefficient (Wildman–Crippen LogP) is 7.75. The van der Waals surface area contributed by atoms with Crippen molar-refractivity contribution in [2.75, 3.05) is 11.9 Å². The summed E-state index contributed by atoms with van der Waals surface area (Å²) in [6, 6.07) is 36.1. The Balaban J connectivity index is 0.000000235. The maximum atomic E-state index is 12.7. The fourth-order valence-electron chi connectivity index (χ4n) is 6.59. The molecule has 326 valence electrons. The van der Waals surface area contributed by atoms with E-state index in [0.717, 1.165) is 16.7 Å². The smallest absolute Gasteiger partial charge is 0.855 e. The number of fused-ring (bicyclic) bond motifs is 1. The second kappa shape index (κ2) is 23.5. The summed E-state index contributed by atoms with van der Waals surface area (Å²) in [7, 11) is 0. The number of amides is 3. The van der Waals surface area contributed by atoms with Crippen LogP contribution in [0.5, 0.6) is 0 Å². The number of furan rings is 2. The maximum absolute atomic E-state index is 12.7. The molecular weight excluding hydrogens is 925 g/mol. The molecule has 3 amide bonds. The number of aromatic nitrogens is 2. The van der Waals surface area contributed by atoms with Gasteiger partial charge in [0.15, 0.2) is 5.78 Å². The number of H-pyrrole nitrogens is 2. The molecule has 0 saturated heterocycles. The first-order chi connectivity index (χ1) is 30.7. The van der Waals surface area contributed by atoms with Crippen LogP contribution in [0.2, 0.25) is 20.1 Å². The van der Waals surface area contributed by atoms with Gasteiger partial charge in [-0.05, 0) is 78.7 Å². The first kappa shape index (κ1) is 50.3. The van der Waals surface area contributed by atoms with Crippen LogP contribution in [0.25, 0.3) is 33.7 Å². The van der Waals surface area contributed by atoms with Gasteiger partial charge in [0.05, 0.1) is 5.56 Å². The molecule has 17 heteroatoms. The average molecular weight is 963 g/mol. The topological polar surface area (TPSA) is 190 Å². The third kappa shape index (κ3) is 13.2. The van der Waals surface area contributed by atoms with Crippen molar-refractivity contribution in [2.24, 2.45) is 0 Å². The molecule has 4 N–H and O–H groups in total. The van der Waals surface area contributed by atoms with Crippen LogP contribution in [0.1, 0.15) is 56.8 Å². The number of Topliss-reactive ketones (excluding diaryl/α,β-unsaturated/α-hetero) is 1. The molecule has 0 bridgehead atoms. The number of halogens is 4. The number of aromatic amines is 2. The number of urea groups is 1. The van der Waals surface area contributed by atoms with Gasteiger partial charge in [-0.1, -0.05) is 120 Å². The molecule has 5 aromatic carbocycles. The first-order valence-corrected chi connectivity index (χ1v) is 21.0. The molecule has 0 aliphatic rings. The van der Waals surface area contributed by atoms with E-state index in [4.69, 9.17) is 60.3 Å². The van der Waals surface area contributed by atoms with E-state index in [1.165, 1.54) is 6.92 Å². The molecule has 0 fully saturated rings. The molecular formula is C48H37Cl4N4NaO8. The fraction of sp³-hybridized carbons (Fsp3) is 0.104. The van der Waals surface area contributed by atoms with Crippen molar-refractivity contribution in [1.29, 1.82) is 0 Å². The number of imide groups is 1. The van der Waals surface area contributed by atoms with Crippen molar-refractivity contribution in [2.45, 2.75) is 26.7 Å². The minimum absolute atomic E-state index is 0. The molecule has 8 rings (SSSR count). The second-order valence-electron chi connectivity index (χ2n) is 13.9. The van der Waals surface area contributed by atoms with E-state index in [1.807, 2.05) is 30.3 Å². The number of rotatable bonds is 9. The van der Waals surface area contributed by atoms with Crippen LogP contribution in [0.3, 0.4) is 0 Å². The Hall–Kier alpha value is -5.67. The molecule has 0 spiro atoms. The summed E-state index contributed by atoms with van der Waals surface area (Å²) in [5, 5.41) is 16.3. The van der Waals surface area contributed by atoms with Crippen molar-refractivity contribution in [3.63, 3.8) is 0 Å². The number of hydrogen-bond donors (Lipinski definition) is 4. The number of ketones is 1. The zero-order valence-electron chi connectivity index (χ0n) is 35.0. The van der Waals surface area contributed by atoms with Crippen LogP contribution in [0.15, 0.2) is 146 Å². The summed E-state index contributed by atoms with van der Waals surface area (Å²) in [6.07, 6.45) is 0.769. The molecule has 12 nitrogen and oxygen atoms in total. The minimum atomic E-state index is -0.828. The fourth-order valence-corrected chi connectivity index (χ4v) is 7.23. The quantitative estimate of drug-likeness (QED) is 0.0834. The second-order valence-corrected chi connectivity index (χ2v) is 15.6. The largest absolute Gasteiger partial charge is 1.00 e. The number of carbonyl (C=O) groups excluding carboxylic acids is 3. The van der Waals surface area contributed by atoms with Gasteiger partial charge in [0.2, 0.25) is 11.6 Å². The summed E-state index contributed by atoms with van der Waals surface area (Å²) in [5.41, 5.74) is 3.98. The Morgan fingerprint density at radius 2 is 1.15 bits per heavy atom. The third-order valence-corrected chi connectivity index (χ3v) is 10.3. The molecule has 65 heavy (non-hydrogen) atoms. The Morgan fingerprint density at radius 1 is 0.646 bits per heavy atom. The Bertz CT molecular complexity index is 3060. The molecule has 0 unspecified atom stereocenters. The molecule has 0 aliphatic carbocycles. The van der Waals surface area contributed by atoms with Gasteiger partial charge in [0.1, 0.15) is 16.9 Å². The van der Waals surface area contributed by atoms with E-state index in [0.29, 0.717) is 72.1 Å². The molecule has 0 radical (unpaired) electrons. The van der Waals surface area contributed by atoms with E-state index in [-0.39, 0.29) is 59.1 Å². The van der Waals surface area contributed by atoms with Gasteiger partial charge in [-0.3, -0.25) is 35.0 Å². The molecule has 0 atom stereocenters. The normalized spacial score (nSPS) is 10.4. The van der Waals surface area contributed by atoms with Gasteiger partial charge in [0.25, 0.3) is 11.5 Å². The van der Waals surface area contributed by atoms with Crippen molar-refractivity contribution in [3.05, 3.63) is 202 Å². The zero-order chi connectivity index (χ0) is 45.9. The molecule has 8 aromatic rings. The van der Waals surface area contributed by atoms with Gasteiger partial charge >= 0.3 is 41.3 Å². The maximum Gasteiger partial charge on any atom is 1.00 e. The van der Waals surface area contributed by atoms with Crippen LogP contribution in [-0.2, 0) is 12.8 Å². The van der Waals surface area contributed by atoms with Gasteiger partial charge in [-0.25, -0.2) is 9.59 Å². The van der Waals surface area contributed by atoms with Crippen molar-refractivity contribution in [1.82, 2.24) is 15.3 Å². The summed E-state index contributed by atoms with van der Waals surface area (Å²) in [5.74, 6) is -0.0805. The number of hydrogen-bond acceptors (Lipinski definition) is 8. The summed E-state index contributed by atoms with van der Waals surface area (Å²) < 4.78 is 11.9. The predicted molar refractivity (Wildman–Crippen MR) is 249 cm³/mol. The van der Waals surface area contributed by atoms with Crippen LogP contribution in [0.4, 0.5) is 10.7 Å². The SMILES string of the molecule is CC(=O)c1c(NC(=O)NC(=O)c2ccccc2)oc(-c2cccc(Cl)c2)c1Cc1ccc(Cl)cc1.CC[O-].O=c1[nH]c(=O)c2c(Cc3ccc(Cl)cc3)c(-c3cccc(Cl)c3)oc2[nH]1.[Na+]. The third-order valence-electron chi connectivity index (χ3n) is 9.30. The zero-order valence-corrected chi connectivity index (χ0v) is 40.0. The van der Waals surface area contributed by atoms with Crippen molar-refractivity contribution >= 4 is 81.1 Å². The Labute approximate surface area is 414 Å². The number of nitrogens with one attached hydrogen (secondary N) is 4. The average Bonchev–Trinajstić information content (AvgIpc) is 3.81. The van der Waals surface area contributed by atoms with Gasteiger partial charge in [-0.15, -0.1) is 6.61 Å². The Kier molecular flexibility index (Phi) is 18.2. The molecule has 0 saturated carbocycles. The monoisotopic (exact) mass is 960 g/mol. The summed E-state index contributed by atoms with van der Waals surface area (Å²) in [4.78, 5) is 66.5. The van der Waals surface area contributed by atoms with E-state index in [9.17, 15) is 24.0 Å². The van der Waals surface area contributed by atoms with Crippen LogP contribution in [-0.4, -0.2) is 34.3 Å². The first-order valence-electron chi connectivity index (χ1n) is 19.4. The van der Waals surface area contributed by atoms with Crippen molar-refractivity contribution in [3.8, 4) is 22.6 Å². The molecule has 3 heterocycles. The number of benzene rings is 5. The van der Waals surface area contributed by atoms with Crippen molar-refractivity contribution < 1.29 is 57.9 Å². The van der Waals surface area contributed by atoms with Crippen LogP contribution in [0, 0.1) is 0 Å². The summed E-state index contributed by atoms with van der Waals surface area (Å²) >= 11 is 24.3. The van der Waals surface area contributed by atoms with Gasteiger partial charge in [-0.2, -0.15) is 0 Å². The molecule has 0 aliphatic heterocycles. The Morgan fingerprint density at radius 3 is 1.66 bits per heavy atom.